The molecule has 0 aliphatic rings. The average Bonchev–Trinajstić information content (AvgIpc) is 2.57. The first-order chi connectivity index (χ1) is 7.39. The fraction of sp³-hybridized carbons (Fsp3) is 0.182. The lowest BCUT2D eigenvalue weighted by molar-refractivity contribution is 0.0998. The maximum atomic E-state index is 11.8. The van der Waals surface area contributed by atoms with Gasteiger partial charge in [0.25, 0.3) is 3.79 Å². The van der Waals surface area contributed by atoms with Gasteiger partial charge in [-0.15, -0.1) is 0 Å². The lowest BCUT2D eigenvalue weighted by atomic mass is 10.1. The Morgan fingerprint density at radius 3 is 2.62 bits per heavy atom. The molecule has 0 aliphatic carbocycles. The molecule has 0 atom stereocenters. The van der Waals surface area contributed by atoms with Crippen LogP contribution in [0.3, 0.4) is 0 Å². The van der Waals surface area contributed by atoms with Crippen molar-refractivity contribution in [3.05, 3.63) is 35.5 Å². The number of Topliss-reactive ketones (excluding diaryl/α,β-unsaturated/α-hetero) is 1. The molecule has 2 rings (SSSR count). The molecule has 0 spiro atoms. The van der Waals surface area contributed by atoms with Crippen molar-refractivity contribution in [2.75, 3.05) is 0 Å². The van der Waals surface area contributed by atoms with E-state index in [0.29, 0.717) is 5.56 Å². The van der Waals surface area contributed by atoms with Crippen molar-refractivity contribution < 1.29 is 4.79 Å². The van der Waals surface area contributed by atoms with Gasteiger partial charge in [0.05, 0.1) is 0 Å². The summed E-state index contributed by atoms with van der Waals surface area (Å²) >= 11 is 16.7. The van der Waals surface area contributed by atoms with E-state index in [9.17, 15) is 4.79 Å². The smallest absolute Gasteiger partial charge is 0.253 e. The van der Waals surface area contributed by atoms with Gasteiger partial charge in [-0.25, -0.2) is 0 Å². The Kier molecular flexibility index (Phi) is 2.91. The number of hydrogen-bond acceptors (Lipinski definition) is 1. The first kappa shape index (κ1) is 11.8. The van der Waals surface area contributed by atoms with Crippen LogP contribution in [0, 0.1) is 6.92 Å². The molecule has 1 heterocycles. The Balaban J connectivity index is 2.62. The molecule has 1 N–H and O–H groups in total. The number of rotatable bonds is 1. The molecule has 2 aromatic rings. The second kappa shape index (κ2) is 3.95. The number of aromatic amines is 1. The van der Waals surface area contributed by atoms with Crippen molar-refractivity contribution in [2.45, 2.75) is 10.7 Å². The standard InChI is InChI=1S/C11H8Cl3NO/c1-6-2-3-9-7(4-6)8(5-15-9)10(16)11(12,13)14/h2-5,15H,1H3. The van der Waals surface area contributed by atoms with Crippen molar-refractivity contribution in [1.82, 2.24) is 4.98 Å². The molecule has 16 heavy (non-hydrogen) atoms. The Labute approximate surface area is 107 Å². The normalized spacial score (nSPS) is 12.0. The minimum absolute atomic E-state index is 0.402. The summed E-state index contributed by atoms with van der Waals surface area (Å²) in [7, 11) is 0. The quantitative estimate of drug-likeness (QED) is 0.619. The number of fused-ring (bicyclic) bond motifs is 1. The van der Waals surface area contributed by atoms with E-state index in [4.69, 9.17) is 34.8 Å². The van der Waals surface area contributed by atoms with Crippen LogP contribution in [0.1, 0.15) is 15.9 Å². The third-order valence-electron chi connectivity index (χ3n) is 2.34. The summed E-state index contributed by atoms with van der Waals surface area (Å²) in [5.41, 5.74) is 2.30. The fourth-order valence-electron chi connectivity index (χ4n) is 1.58. The molecule has 0 saturated carbocycles. The second-order valence-corrected chi connectivity index (χ2v) is 5.86. The molecule has 1 aromatic heterocycles. The Hall–Kier alpha value is -0.700. The van der Waals surface area contributed by atoms with Gasteiger partial charge in [-0.3, -0.25) is 4.79 Å². The van der Waals surface area contributed by atoms with Gasteiger partial charge in [0, 0.05) is 22.7 Å². The molecule has 5 heteroatoms. The molecule has 0 bridgehead atoms. The van der Waals surface area contributed by atoms with Crippen molar-refractivity contribution in [3.8, 4) is 0 Å². The number of nitrogens with one attached hydrogen (secondary N) is 1. The molecule has 2 nitrogen and oxygen atoms in total. The fourth-order valence-corrected chi connectivity index (χ4v) is 1.88. The van der Waals surface area contributed by atoms with Gasteiger partial charge in [0.1, 0.15) is 0 Å². The van der Waals surface area contributed by atoms with E-state index in [0.717, 1.165) is 16.5 Å². The number of halogens is 3. The van der Waals surface area contributed by atoms with Crippen LogP contribution in [0.5, 0.6) is 0 Å². The molecule has 0 unspecified atom stereocenters. The highest BCUT2D eigenvalue weighted by Gasteiger charge is 2.33. The van der Waals surface area contributed by atoms with Crippen LogP contribution in [0.25, 0.3) is 10.9 Å². The van der Waals surface area contributed by atoms with Crippen LogP contribution in [0.2, 0.25) is 0 Å². The van der Waals surface area contributed by atoms with Gasteiger partial charge < -0.3 is 4.98 Å². The van der Waals surface area contributed by atoms with Gasteiger partial charge in [-0.1, -0.05) is 46.4 Å². The number of aromatic nitrogens is 1. The van der Waals surface area contributed by atoms with E-state index in [1.54, 1.807) is 6.20 Å². The summed E-state index contributed by atoms with van der Waals surface area (Å²) in [6.45, 7) is 1.94. The van der Waals surface area contributed by atoms with Crippen LogP contribution >= 0.6 is 34.8 Å². The lowest BCUT2D eigenvalue weighted by Crippen LogP contribution is -2.18. The highest BCUT2D eigenvalue weighted by Crippen LogP contribution is 2.33. The van der Waals surface area contributed by atoms with Gasteiger partial charge in [-0.05, 0) is 19.1 Å². The topological polar surface area (TPSA) is 32.9 Å². The first-order valence-electron chi connectivity index (χ1n) is 4.59. The van der Waals surface area contributed by atoms with E-state index in [2.05, 4.69) is 4.98 Å². The number of aryl methyl sites for hydroxylation is 1. The number of alkyl halides is 3. The molecule has 1 aromatic carbocycles. The first-order valence-corrected chi connectivity index (χ1v) is 5.72. The lowest BCUT2D eigenvalue weighted by Gasteiger charge is -2.08. The Morgan fingerprint density at radius 2 is 2.00 bits per heavy atom. The van der Waals surface area contributed by atoms with Crippen molar-refractivity contribution >= 4 is 51.5 Å². The van der Waals surface area contributed by atoms with Crippen LogP contribution in [0.4, 0.5) is 0 Å². The SMILES string of the molecule is Cc1ccc2[nH]cc(C(=O)C(Cl)(Cl)Cl)c2c1. The predicted molar refractivity (Wildman–Crippen MR) is 67.7 cm³/mol. The molecule has 0 amide bonds. The van der Waals surface area contributed by atoms with Gasteiger partial charge >= 0.3 is 0 Å². The molecule has 84 valence electrons. The molecule has 0 fully saturated rings. The van der Waals surface area contributed by atoms with E-state index < -0.39 is 9.58 Å². The number of carbonyl (C=O) groups excluding carboxylic acids is 1. The largest absolute Gasteiger partial charge is 0.360 e. The van der Waals surface area contributed by atoms with Crippen molar-refractivity contribution in [1.29, 1.82) is 0 Å². The van der Waals surface area contributed by atoms with Gasteiger partial charge in [-0.2, -0.15) is 0 Å². The summed E-state index contributed by atoms with van der Waals surface area (Å²) in [5, 5.41) is 0.774. The van der Waals surface area contributed by atoms with Crippen LogP contribution in [-0.4, -0.2) is 14.6 Å². The van der Waals surface area contributed by atoms with E-state index in [1.807, 2.05) is 25.1 Å². The second-order valence-electron chi connectivity index (χ2n) is 3.58. The molecule has 0 aliphatic heterocycles. The summed E-state index contributed by atoms with van der Waals surface area (Å²) in [6, 6.07) is 5.72. The minimum Gasteiger partial charge on any atom is -0.360 e. The van der Waals surface area contributed by atoms with Crippen molar-refractivity contribution in [2.24, 2.45) is 0 Å². The highest BCUT2D eigenvalue weighted by molar-refractivity contribution is 6.77. The molecule has 0 radical (unpaired) electrons. The summed E-state index contributed by atoms with van der Waals surface area (Å²) in [4.78, 5) is 14.8. The summed E-state index contributed by atoms with van der Waals surface area (Å²) < 4.78 is -1.92. The zero-order chi connectivity index (χ0) is 11.9. The summed E-state index contributed by atoms with van der Waals surface area (Å²) in [6.07, 6.45) is 1.56. The predicted octanol–water partition coefficient (Wildman–Crippen LogP) is 4.03. The maximum Gasteiger partial charge on any atom is 0.253 e. The van der Waals surface area contributed by atoms with Gasteiger partial charge in [0.2, 0.25) is 5.78 Å². The van der Waals surface area contributed by atoms with Crippen LogP contribution in [0.15, 0.2) is 24.4 Å². The highest BCUT2D eigenvalue weighted by atomic mass is 35.6. The maximum absolute atomic E-state index is 11.8. The number of hydrogen-bond donors (Lipinski definition) is 1. The zero-order valence-corrected chi connectivity index (χ0v) is 10.6. The van der Waals surface area contributed by atoms with Crippen LogP contribution < -0.4 is 0 Å². The number of H-pyrrole nitrogens is 1. The van der Waals surface area contributed by atoms with Crippen molar-refractivity contribution in [3.63, 3.8) is 0 Å². The number of ketones is 1. The summed E-state index contributed by atoms with van der Waals surface area (Å²) in [5.74, 6) is -0.519. The van der Waals surface area contributed by atoms with E-state index >= 15 is 0 Å². The van der Waals surface area contributed by atoms with Crippen LogP contribution in [-0.2, 0) is 0 Å². The third kappa shape index (κ3) is 2.05. The zero-order valence-electron chi connectivity index (χ0n) is 8.35. The molecule has 0 saturated heterocycles. The minimum atomic E-state index is -1.92. The Bertz CT molecular complexity index is 554. The number of benzene rings is 1. The third-order valence-corrected chi connectivity index (χ3v) is 2.85. The molecular formula is C11H8Cl3NO. The Morgan fingerprint density at radius 1 is 1.31 bits per heavy atom. The molecular weight excluding hydrogens is 268 g/mol. The average molecular weight is 277 g/mol. The van der Waals surface area contributed by atoms with E-state index in [1.165, 1.54) is 0 Å². The number of carbonyl (C=O) groups is 1. The van der Waals surface area contributed by atoms with E-state index in [-0.39, 0.29) is 0 Å². The van der Waals surface area contributed by atoms with Gasteiger partial charge in [0.15, 0.2) is 0 Å². The monoisotopic (exact) mass is 275 g/mol.